The van der Waals surface area contributed by atoms with Gasteiger partial charge in [-0.3, -0.25) is 19.1 Å². The summed E-state index contributed by atoms with van der Waals surface area (Å²) in [6.45, 7) is 6.42. The van der Waals surface area contributed by atoms with Crippen molar-refractivity contribution >= 4 is 51.8 Å². The number of para-hydroxylation sites is 1. The molecule has 234 valence electrons. The highest BCUT2D eigenvalue weighted by Gasteiger charge is 2.33. The Hall–Kier alpha value is -4.34. The second kappa shape index (κ2) is 13.7. The summed E-state index contributed by atoms with van der Waals surface area (Å²) >= 11 is 6.83. The molecule has 1 aromatic heterocycles. The summed E-state index contributed by atoms with van der Waals surface area (Å²) in [5.41, 5.74) is 2.32. The van der Waals surface area contributed by atoms with Gasteiger partial charge in [-0.05, 0) is 61.7 Å². The third-order valence-corrected chi connectivity index (χ3v) is 9.53. The first-order valence-electron chi connectivity index (χ1n) is 14.6. The fourth-order valence-corrected chi connectivity index (χ4v) is 7.04. The molecule has 3 heterocycles. The molecule has 0 atom stereocenters. The van der Waals surface area contributed by atoms with E-state index in [1.165, 1.54) is 17.8 Å². The average molecular weight is 648 g/mol. The van der Waals surface area contributed by atoms with E-state index >= 15 is 0 Å². The molecule has 2 fully saturated rings. The number of ether oxygens (including phenoxy) is 2. The van der Waals surface area contributed by atoms with E-state index in [2.05, 4.69) is 11.0 Å². The smallest absolute Gasteiger partial charge is 0.270 e. The van der Waals surface area contributed by atoms with Crippen LogP contribution in [0.3, 0.4) is 0 Å². The van der Waals surface area contributed by atoms with Gasteiger partial charge in [0.15, 0.2) is 11.5 Å². The maximum atomic E-state index is 14.5. The summed E-state index contributed by atoms with van der Waals surface area (Å²) < 4.78 is 27.3. The summed E-state index contributed by atoms with van der Waals surface area (Å²) in [5, 5.41) is 9.92. The van der Waals surface area contributed by atoms with Gasteiger partial charge in [0.1, 0.15) is 27.6 Å². The number of benzene rings is 2. The Morgan fingerprint density at radius 1 is 1.04 bits per heavy atom. The quantitative estimate of drug-likeness (QED) is 0.236. The molecule has 2 saturated heterocycles. The predicted molar refractivity (Wildman–Crippen MR) is 180 cm³/mol. The third kappa shape index (κ3) is 6.28. The first-order chi connectivity index (χ1) is 21.7. The van der Waals surface area contributed by atoms with E-state index in [0.717, 1.165) is 5.56 Å². The van der Waals surface area contributed by atoms with Gasteiger partial charge < -0.3 is 19.3 Å². The monoisotopic (exact) mass is 647 g/mol. The Morgan fingerprint density at radius 3 is 2.38 bits per heavy atom. The van der Waals surface area contributed by atoms with Crippen molar-refractivity contribution in [1.29, 1.82) is 5.26 Å². The van der Waals surface area contributed by atoms with E-state index in [1.54, 1.807) is 48.8 Å². The fourth-order valence-electron chi connectivity index (χ4n) is 5.75. The van der Waals surface area contributed by atoms with Crippen LogP contribution in [-0.4, -0.2) is 66.6 Å². The molecule has 0 unspecified atom stereocenters. The first kappa shape index (κ1) is 32.1. The summed E-state index contributed by atoms with van der Waals surface area (Å²) in [5.74, 6) is 1.37. The van der Waals surface area contributed by atoms with Gasteiger partial charge >= 0.3 is 0 Å². The Kier molecular flexibility index (Phi) is 9.80. The molecule has 3 aromatic rings. The van der Waals surface area contributed by atoms with E-state index in [0.29, 0.717) is 89.0 Å². The van der Waals surface area contributed by atoms with Crippen molar-refractivity contribution in [2.24, 2.45) is 0 Å². The number of pyridine rings is 1. The number of thioether (sulfide) groups is 1. The minimum absolute atomic E-state index is 0.0424. The minimum Gasteiger partial charge on any atom is -0.493 e. The van der Waals surface area contributed by atoms with Gasteiger partial charge in [0.05, 0.1) is 24.8 Å². The number of methoxy groups -OCH3 is 2. The fraction of sp³-hybridized carbons (Fsp3) is 0.333. The molecule has 1 amide bonds. The van der Waals surface area contributed by atoms with Crippen molar-refractivity contribution in [3.63, 3.8) is 0 Å². The first-order valence-corrected chi connectivity index (χ1v) is 15.8. The van der Waals surface area contributed by atoms with Crippen LogP contribution in [0.1, 0.15) is 29.2 Å². The topological polar surface area (TPSA) is 91.0 Å². The number of rotatable bonds is 9. The zero-order chi connectivity index (χ0) is 32.2. The predicted octanol–water partition coefficient (Wildman–Crippen LogP) is 4.98. The molecule has 12 heteroatoms. The molecular weight excluding hydrogens is 614 g/mol. The summed E-state index contributed by atoms with van der Waals surface area (Å²) in [6.07, 6.45) is 2.31. The second-order valence-corrected chi connectivity index (χ2v) is 12.3. The molecule has 45 heavy (non-hydrogen) atoms. The van der Waals surface area contributed by atoms with Crippen LogP contribution in [0.5, 0.6) is 11.5 Å². The van der Waals surface area contributed by atoms with E-state index in [9.17, 15) is 19.2 Å². The summed E-state index contributed by atoms with van der Waals surface area (Å²) in [4.78, 5) is 33.2. The number of piperazine rings is 1. The number of nitrogens with zero attached hydrogens (tertiary/aromatic N) is 5. The van der Waals surface area contributed by atoms with Gasteiger partial charge in [-0.25, -0.2) is 4.39 Å². The molecule has 2 aliphatic heterocycles. The molecule has 0 aliphatic carbocycles. The molecule has 2 aliphatic rings. The van der Waals surface area contributed by atoms with Crippen molar-refractivity contribution < 1.29 is 18.7 Å². The van der Waals surface area contributed by atoms with E-state index in [-0.39, 0.29) is 22.8 Å². The number of hydrogen-bond acceptors (Lipinski definition) is 9. The lowest BCUT2D eigenvalue weighted by molar-refractivity contribution is -0.122. The molecule has 9 nitrogen and oxygen atoms in total. The van der Waals surface area contributed by atoms with Crippen LogP contribution >= 0.6 is 24.0 Å². The van der Waals surface area contributed by atoms with Crippen molar-refractivity contribution in [2.75, 3.05) is 56.7 Å². The number of carbonyl (C=O) groups excluding carboxylic acids is 1. The minimum atomic E-state index is -0.372. The number of aromatic nitrogens is 1. The van der Waals surface area contributed by atoms with Crippen LogP contribution in [0.2, 0.25) is 0 Å². The highest BCUT2D eigenvalue weighted by Crippen LogP contribution is 2.37. The van der Waals surface area contributed by atoms with Gasteiger partial charge in [-0.15, -0.1) is 0 Å². The lowest BCUT2D eigenvalue weighted by Gasteiger charge is -2.39. The highest BCUT2D eigenvalue weighted by molar-refractivity contribution is 8.26. The van der Waals surface area contributed by atoms with Crippen molar-refractivity contribution in [3.8, 4) is 17.6 Å². The highest BCUT2D eigenvalue weighted by atomic mass is 32.2. The SMILES string of the molecule is CCn1c(N2CCN(c3ccccc3F)CC2)c(C=C2SC(=S)N(CCc3ccc(OC)c(OC)c3)C2=O)c(C)c(C#N)c1=O. The second-order valence-electron chi connectivity index (χ2n) is 10.6. The molecule has 0 N–H and O–H groups in total. The van der Waals surface area contributed by atoms with E-state index in [4.69, 9.17) is 21.7 Å². The number of hydrogen-bond donors (Lipinski definition) is 0. The van der Waals surface area contributed by atoms with Gasteiger partial charge in [-0.1, -0.05) is 42.2 Å². The summed E-state index contributed by atoms with van der Waals surface area (Å²) in [7, 11) is 3.15. The largest absolute Gasteiger partial charge is 0.493 e. The zero-order valence-electron chi connectivity index (χ0n) is 25.6. The standard InChI is InChI=1S/C33H34FN5O4S2/c1-5-38-30(37-16-14-36(15-17-37)26-9-7-6-8-25(26)34)23(21(2)24(20-35)31(38)40)19-29-32(41)39(33(44)45-29)13-12-22-10-11-27(42-3)28(18-22)43-4/h6-11,18-19H,5,12-17H2,1-4H3. The van der Waals surface area contributed by atoms with Gasteiger partial charge in [0, 0.05) is 44.8 Å². The van der Waals surface area contributed by atoms with Crippen LogP contribution in [0.25, 0.3) is 6.08 Å². The Morgan fingerprint density at radius 2 is 1.73 bits per heavy atom. The van der Waals surface area contributed by atoms with Crippen molar-refractivity contribution in [2.45, 2.75) is 26.8 Å². The van der Waals surface area contributed by atoms with Crippen LogP contribution in [0.4, 0.5) is 15.9 Å². The zero-order valence-corrected chi connectivity index (χ0v) is 27.3. The Bertz CT molecular complexity index is 1780. The maximum Gasteiger partial charge on any atom is 0.270 e. The summed E-state index contributed by atoms with van der Waals surface area (Å²) in [6, 6.07) is 14.4. The average Bonchev–Trinajstić information content (AvgIpc) is 3.32. The van der Waals surface area contributed by atoms with Crippen molar-refractivity contribution in [1.82, 2.24) is 9.47 Å². The Labute approximate surface area is 271 Å². The van der Waals surface area contributed by atoms with Gasteiger partial charge in [0.25, 0.3) is 11.5 Å². The van der Waals surface area contributed by atoms with E-state index in [1.807, 2.05) is 36.1 Å². The number of amides is 1. The molecule has 0 bridgehead atoms. The van der Waals surface area contributed by atoms with Crippen LogP contribution in [0.15, 0.2) is 52.2 Å². The lowest BCUT2D eigenvalue weighted by atomic mass is 10.0. The lowest BCUT2D eigenvalue weighted by Crippen LogP contribution is -2.49. The van der Waals surface area contributed by atoms with Gasteiger partial charge in [0.2, 0.25) is 0 Å². The molecule has 2 aromatic carbocycles. The Balaban J connectivity index is 1.45. The van der Waals surface area contributed by atoms with Crippen LogP contribution in [-0.2, 0) is 17.8 Å². The maximum absolute atomic E-state index is 14.5. The van der Waals surface area contributed by atoms with Crippen molar-refractivity contribution in [3.05, 3.63) is 85.8 Å². The third-order valence-electron chi connectivity index (χ3n) is 8.16. The normalized spacial score (nSPS) is 16.0. The molecule has 0 spiro atoms. The number of anilines is 2. The van der Waals surface area contributed by atoms with Crippen LogP contribution in [0, 0.1) is 24.1 Å². The number of nitriles is 1. The number of carbonyl (C=O) groups is 1. The number of thiocarbonyl (C=S) groups is 1. The molecule has 5 rings (SSSR count). The molecule has 0 radical (unpaired) electrons. The van der Waals surface area contributed by atoms with Gasteiger partial charge in [-0.2, -0.15) is 5.26 Å². The van der Waals surface area contributed by atoms with E-state index < -0.39 is 0 Å². The molecule has 0 saturated carbocycles. The number of halogens is 1. The van der Waals surface area contributed by atoms with Crippen LogP contribution < -0.4 is 24.8 Å². The molecular formula is C33H34FN5O4S2.